The summed E-state index contributed by atoms with van der Waals surface area (Å²) in [7, 11) is -1.27. The highest BCUT2D eigenvalue weighted by atomic mass is 28.3. The van der Waals surface area contributed by atoms with Crippen molar-refractivity contribution in [3.05, 3.63) is 23.8 Å². The van der Waals surface area contributed by atoms with Crippen molar-refractivity contribution < 1.29 is 27.8 Å². The smallest absolute Gasteiger partial charge is 0.414 e. The number of benzene rings is 1. The second-order valence-electron chi connectivity index (χ2n) is 9.91. The Hall–Kier alpha value is -2.36. The normalized spacial score (nSPS) is 21.1. The summed E-state index contributed by atoms with van der Waals surface area (Å²) in [5, 5.41) is 2.54. The Morgan fingerprint density at radius 3 is 2.35 bits per heavy atom. The third-order valence-corrected chi connectivity index (χ3v) is 8.65. The molecule has 10 heteroatoms. The Kier molecular flexibility index (Phi) is 6.50. The lowest BCUT2D eigenvalue weighted by molar-refractivity contribution is 0.0496. The summed E-state index contributed by atoms with van der Waals surface area (Å²) in [5.41, 5.74) is -0.592. The quantitative estimate of drug-likeness (QED) is 0.684. The first-order valence-corrected chi connectivity index (χ1v) is 13.9. The molecule has 2 aliphatic rings. The number of carbonyl (C=O) groups is 2. The van der Waals surface area contributed by atoms with Gasteiger partial charge in [0, 0.05) is 25.2 Å². The van der Waals surface area contributed by atoms with Crippen molar-refractivity contribution in [3.63, 3.8) is 0 Å². The highest BCUT2D eigenvalue weighted by molar-refractivity contribution is 6.77. The second kappa shape index (κ2) is 8.64. The summed E-state index contributed by atoms with van der Waals surface area (Å²) in [6.45, 7) is 11.2. The molecule has 0 aliphatic carbocycles. The van der Waals surface area contributed by atoms with Gasteiger partial charge in [0.1, 0.15) is 17.4 Å². The van der Waals surface area contributed by atoms with Crippen molar-refractivity contribution in [2.45, 2.75) is 57.7 Å². The van der Waals surface area contributed by atoms with Gasteiger partial charge in [-0.1, -0.05) is 13.1 Å². The van der Waals surface area contributed by atoms with Gasteiger partial charge in [-0.3, -0.25) is 4.90 Å². The van der Waals surface area contributed by atoms with E-state index < -0.39 is 43.6 Å². The molecule has 0 bridgehead atoms. The van der Waals surface area contributed by atoms with Crippen LogP contribution in [0.25, 0.3) is 0 Å². The van der Waals surface area contributed by atoms with Gasteiger partial charge in [0.2, 0.25) is 0 Å². The highest BCUT2D eigenvalue weighted by Gasteiger charge is 2.35. The molecule has 2 saturated heterocycles. The van der Waals surface area contributed by atoms with E-state index in [-0.39, 0.29) is 24.5 Å². The van der Waals surface area contributed by atoms with E-state index >= 15 is 0 Å². The number of rotatable bonds is 4. The highest BCUT2D eigenvalue weighted by Crippen LogP contribution is 2.34. The number of nitrogens with one attached hydrogen (secondary N) is 1. The topological polar surface area (TPSA) is 71.1 Å². The minimum atomic E-state index is -1.27. The number of cyclic esters (lactones) is 1. The number of hydrogen-bond acceptors (Lipinski definition) is 5. The number of nitrogens with zero attached hydrogens (tertiary/aromatic N) is 2. The molecular weight excluding hydrogens is 424 g/mol. The van der Waals surface area contributed by atoms with Crippen LogP contribution in [0.2, 0.25) is 25.2 Å². The molecule has 31 heavy (non-hydrogen) atoms. The first kappa shape index (κ1) is 23.3. The molecule has 2 fully saturated rings. The molecule has 0 saturated carbocycles. The Bertz CT molecular complexity index is 827. The van der Waals surface area contributed by atoms with E-state index in [0.717, 1.165) is 12.1 Å². The van der Waals surface area contributed by atoms with E-state index in [4.69, 9.17) is 9.47 Å². The predicted octanol–water partition coefficient (Wildman–Crippen LogP) is 4.34. The zero-order valence-electron chi connectivity index (χ0n) is 18.8. The van der Waals surface area contributed by atoms with Crippen LogP contribution in [0.1, 0.15) is 20.8 Å². The molecule has 2 aliphatic heterocycles. The lowest BCUT2D eigenvalue weighted by Crippen LogP contribution is -2.43. The Morgan fingerprint density at radius 1 is 1.23 bits per heavy atom. The number of amides is 2. The molecule has 0 unspecified atom stereocenters. The maximum absolute atomic E-state index is 14.9. The zero-order valence-corrected chi connectivity index (χ0v) is 19.8. The molecule has 1 atom stereocenters. The van der Waals surface area contributed by atoms with E-state index in [1.54, 1.807) is 25.7 Å². The van der Waals surface area contributed by atoms with E-state index in [2.05, 4.69) is 18.4 Å². The van der Waals surface area contributed by atoms with Crippen molar-refractivity contribution in [2.75, 3.05) is 36.0 Å². The molecule has 2 heterocycles. The number of hydrogen-bond donors (Lipinski definition) is 1. The lowest BCUT2D eigenvalue weighted by Gasteiger charge is -2.37. The summed E-state index contributed by atoms with van der Waals surface area (Å²) >= 11 is 0. The van der Waals surface area contributed by atoms with Gasteiger partial charge in [-0.25, -0.2) is 18.4 Å². The standard InChI is InChI=1S/C21H31F2N3O4Si/c1-21(2,3)30-19(27)24-12-15-13-26(20(28)29-15)14-10-16(22)18(17(23)11-14)25-6-8-31(4,5)9-7-25/h10-11,15H,6-9,12-13H2,1-5H3,(H,24,27)/t15-/m0/s1. The molecule has 0 aromatic heterocycles. The van der Waals surface area contributed by atoms with Gasteiger partial charge in [-0.15, -0.1) is 0 Å². The maximum atomic E-state index is 14.9. The van der Waals surface area contributed by atoms with Crippen LogP contribution in [0.15, 0.2) is 12.1 Å². The summed E-state index contributed by atoms with van der Waals surface area (Å²) in [5.74, 6) is -1.39. The molecule has 7 nitrogen and oxygen atoms in total. The van der Waals surface area contributed by atoms with E-state index in [1.165, 1.54) is 17.0 Å². The molecule has 172 valence electrons. The summed E-state index contributed by atoms with van der Waals surface area (Å²) in [6, 6.07) is 4.30. The predicted molar refractivity (Wildman–Crippen MR) is 118 cm³/mol. The minimum absolute atomic E-state index is 0.0354. The first-order valence-electron chi connectivity index (χ1n) is 10.5. The van der Waals surface area contributed by atoms with Crippen molar-refractivity contribution in [1.29, 1.82) is 0 Å². The van der Waals surface area contributed by atoms with Gasteiger partial charge in [0.05, 0.1) is 26.9 Å². The SMILES string of the molecule is CC(C)(C)OC(=O)NC[C@H]1CN(c2cc(F)c(N3CC[Si](C)(C)CC3)c(F)c2)C(=O)O1. The number of halogens is 2. The lowest BCUT2D eigenvalue weighted by atomic mass is 10.2. The minimum Gasteiger partial charge on any atom is -0.444 e. The van der Waals surface area contributed by atoms with Gasteiger partial charge in [0.25, 0.3) is 0 Å². The van der Waals surface area contributed by atoms with Gasteiger partial charge >= 0.3 is 12.2 Å². The van der Waals surface area contributed by atoms with Crippen LogP contribution < -0.4 is 15.1 Å². The van der Waals surface area contributed by atoms with Crippen molar-refractivity contribution in [2.24, 2.45) is 0 Å². The Morgan fingerprint density at radius 2 is 1.81 bits per heavy atom. The third kappa shape index (κ3) is 5.87. The number of alkyl carbamates (subject to hydrolysis) is 1. The summed E-state index contributed by atoms with van der Waals surface area (Å²) in [4.78, 5) is 26.9. The van der Waals surface area contributed by atoms with Gasteiger partial charge in [-0.05, 0) is 32.9 Å². The van der Waals surface area contributed by atoms with Crippen LogP contribution in [0.3, 0.4) is 0 Å². The Labute approximate surface area is 182 Å². The van der Waals surface area contributed by atoms with Crippen LogP contribution in [-0.4, -0.2) is 58.1 Å². The average molecular weight is 456 g/mol. The molecule has 1 aromatic rings. The molecule has 0 radical (unpaired) electrons. The van der Waals surface area contributed by atoms with Gasteiger partial charge in [-0.2, -0.15) is 0 Å². The monoisotopic (exact) mass is 455 g/mol. The number of carbonyl (C=O) groups excluding carboxylic acids is 2. The fourth-order valence-electron chi connectivity index (χ4n) is 3.70. The van der Waals surface area contributed by atoms with E-state index in [1.807, 2.05) is 0 Å². The number of anilines is 2. The van der Waals surface area contributed by atoms with E-state index in [0.29, 0.717) is 13.1 Å². The zero-order chi connectivity index (χ0) is 23.0. The third-order valence-electron chi connectivity index (χ3n) is 5.49. The average Bonchev–Trinajstić information content (AvgIpc) is 3.00. The molecular formula is C21H31F2N3O4Si. The van der Waals surface area contributed by atoms with Crippen molar-refractivity contribution in [3.8, 4) is 0 Å². The Balaban J connectivity index is 1.65. The fraction of sp³-hybridized carbons (Fsp3) is 0.619. The number of ether oxygens (including phenoxy) is 2. The molecule has 3 rings (SSSR count). The van der Waals surface area contributed by atoms with Gasteiger partial charge in [0.15, 0.2) is 11.6 Å². The second-order valence-corrected chi connectivity index (χ2v) is 15.2. The van der Waals surface area contributed by atoms with Crippen LogP contribution in [0.5, 0.6) is 0 Å². The first-order chi connectivity index (χ1) is 14.3. The largest absolute Gasteiger partial charge is 0.444 e. The van der Waals surface area contributed by atoms with Crippen LogP contribution >= 0.6 is 0 Å². The molecule has 1 N–H and O–H groups in total. The van der Waals surface area contributed by atoms with Crippen LogP contribution in [0.4, 0.5) is 29.7 Å². The molecule has 0 spiro atoms. The van der Waals surface area contributed by atoms with Crippen LogP contribution in [-0.2, 0) is 9.47 Å². The fourth-order valence-corrected chi connectivity index (χ4v) is 5.70. The summed E-state index contributed by atoms with van der Waals surface area (Å²) in [6.07, 6.45) is -2.00. The van der Waals surface area contributed by atoms with Crippen molar-refractivity contribution >= 4 is 31.6 Å². The van der Waals surface area contributed by atoms with Crippen molar-refractivity contribution in [1.82, 2.24) is 5.32 Å². The van der Waals surface area contributed by atoms with Gasteiger partial charge < -0.3 is 19.7 Å². The van der Waals surface area contributed by atoms with E-state index in [9.17, 15) is 18.4 Å². The maximum Gasteiger partial charge on any atom is 0.414 e. The molecule has 2 amide bonds. The van der Waals surface area contributed by atoms with Crippen LogP contribution in [0, 0.1) is 11.6 Å². The summed E-state index contributed by atoms with van der Waals surface area (Å²) < 4.78 is 40.1. The molecule has 1 aromatic carbocycles.